The van der Waals surface area contributed by atoms with Crippen LogP contribution in [0, 0.1) is 17.6 Å². The van der Waals surface area contributed by atoms with Gasteiger partial charge in [0, 0.05) is 6.04 Å². The third-order valence-corrected chi connectivity index (χ3v) is 2.49. The molecule has 2 nitrogen and oxygen atoms in total. The lowest BCUT2D eigenvalue weighted by atomic mass is 9.97. The van der Waals surface area contributed by atoms with E-state index in [4.69, 9.17) is 5.84 Å². The highest BCUT2D eigenvalue weighted by molar-refractivity contribution is 5.19. The second-order valence-corrected chi connectivity index (χ2v) is 4.41. The molecule has 0 aromatic heterocycles. The predicted molar refractivity (Wildman–Crippen MR) is 60.6 cm³/mol. The molecule has 4 heteroatoms. The van der Waals surface area contributed by atoms with Gasteiger partial charge in [0.1, 0.15) is 0 Å². The molecule has 0 radical (unpaired) electrons. The third-order valence-electron chi connectivity index (χ3n) is 2.49. The standard InChI is InChI=1S/C12H18F2N2/c1-8(2)6-10(16-15)7-9-4-3-5-11(13)12(9)14/h3-5,8,10,16H,6-7,15H2,1-2H3. The van der Waals surface area contributed by atoms with Gasteiger partial charge in [-0.1, -0.05) is 26.0 Å². The first-order valence-electron chi connectivity index (χ1n) is 5.43. The Kier molecular flexibility index (Phi) is 4.83. The fourth-order valence-corrected chi connectivity index (χ4v) is 1.75. The monoisotopic (exact) mass is 228 g/mol. The van der Waals surface area contributed by atoms with Crippen molar-refractivity contribution in [3.8, 4) is 0 Å². The molecule has 3 N–H and O–H groups in total. The number of benzene rings is 1. The fourth-order valence-electron chi connectivity index (χ4n) is 1.75. The summed E-state index contributed by atoms with van der Waals surface area (Å²) < 4.78 is 26.4. The van der Waals surface area contributed by atoms with E-state index in [9.17, 15) is 8.78 Å². The molecule has 0 bridgehead atoms. The Balaban J connectivity index is 2.74. The summed E-state index contributed by atoms with van der Waals surface area (Å²) >= 11 is 0. The summed E-state index contributed by atoms with van der Waals surface area (Å²) in [6, 6.07) is 4.18. The predicted octanol–water partition coefficient (Wildman–Crippen LogP) is 2.39. The Hall–Kier alpha value is -1.00. The summed E-state index contributed by atoms with van der Waals surface area (Å²) in [5, 5.41) is 0. The van der Waals surface area contributed by atoms with Crippen LogP contribution < -0.4 is 11.3 Å². The topological polar surface area (TPSA) is 38.0 Å². The van der Waals surface area contributed by atoms with Crippen molar-refractivity contribution >= 4 is 0 Å². The molecule has 90 valence electrons. The molecule has 0 spiro atoms. The van der Waals surface area contributed by atoms with Crippen LogP contribution in [0.3, 0.4) is 0 Å². The molecule has 0 aliphatic heterocycles. The van der Waals surface area contributed by atoms with E-state index in [2.05, 4.69) is 19.3 Å². The Morgan fingerprint density at radius 2 is 2.00 bits per heavy atom. The molecule has 1 aromatic rings. The fraction of sp³-hybridized carbons (Fsp3) is 0.500. The molecule has 0 aliphatic carbocycles. The normalized spacial score (nSPS) is 13.1. The van der Waals surface area contributed by atoms with Crippen molar-refractivity contribution in [3.05, 3.63) is 35.4 Å². The van der Waals surface area contributed by atoms with Crippen molar-refractivity contribution < 1.29 is 8.78 Å². The second-order valence-electron chi connectivity index (χ2n) is 4.41. The molecule has 1 atom stereocenters. The SMILES string of the molecule is CC(C)CC(Cc1cccc(F)c1F)NN. The molecule has 0 fully saturated rings. The van der Waals surface area contributed by atoms with Gasteiger partial charge in [0.15, 0.2) is 11.6 Å². The molecule has 1 unspecified atom stereocenters. The number of halogens is 2. The number of hydrogen-bond acceptors (Lipinski definition) is 2. The van der Waals surface area contributed by atoms with Crippen molar-refractivity contribution in [2.24, 2.45) is 11.8 Å². The molecular formula is C12H18F2N2. The Bertz CT molecular complexity index is 340. The molecule has 0 saturated carbocycles. The van der Waals surface area contributed by atoms with E-state index in [0.717, 1.165) is 12.5 Å². The lowest BCUT2D eigenvalue weighted by Gasteiger charge is -2.18. The van der Waals surface area contributed by atoms with Crippen LogP contribution in [0.25, 0.3) is 0 Å². The van der Waals surface area contributed by atoms with Crippen molar-refractivity contribution in [1.82, 2.24) is 5.43 Å². The van der Waals surface area contributed by atoms with Gasteiger partial charge in [-0.3, -0.25) is 11.3 Å². The molecule has 0 amide bonds. The number of rotatable bonds is 5. The largest absolute Gasteiger partial charge is 0.271 e. The van der Waals surface area contributed by atoms with Gasteiger partial charge in [-0.2, -0.15) is 0 Å². The quantitative estimate of drug-likeness (QED) is 0.600. The average Bonchev–Trinajstić information content (AvgIpc) is 2.23. The Labute approximate surface area is 94.8 Å². The number of nitrogens with one attached hydrogen (secondary N) is 1. The van der Waals surface area contributed by atoms with Crippen molar-refractivity contribution in [1.29, 1.82) is 0 Å². The number of hydrazine groups is 1. The molecule has 1 rings (SSSR count). The van der Waals surface area contributed by atoms with E-state index >= 15 is 0 Å². The van der Waals surface area contributed by atoms with Crippen LogP contribution in [-0.4, -0.2) is 6.04 Å². The zero-order chi connectivity index (χ0) is 12.1. The van der Waals surface area contributed by atoms with Crippen LogP contribution in [0.5, 0.6) is 0 Å². The molecule has 0 aliphatic rings. The van der Waals surface area contributed by atoms with E-state index in [0.29, 0.717) is 17.9 Å². The molecule has 16 heavy (non-hydrogen) atoms. The first kappa shape index (κ1) is 13.1. The van der Waals surface area contributed by atoms with Crippen LogP contribution in [0.1, 0.15) is 25.8 Å². The lowest BCUT2D eigenvalue weighted by molar-refractivity contribution is 0.413. The highest BCUT2D eigenvalue weighted by Gasteiger charge is 2.14. The van der Waals surface area contributed by atoms with Gasteiger partial charge in [-0.25, -0.2) is 8.78 Å². The first-order valence-corrected chi connectivity index (χ1v) is 5.43. The van der Waals surface area contributed by atoms with Gasteiger partial charge >= 0.3 is 0 Å². The summed E-state index contributed by atoms with van der Waals surface area (Å²) in [5.74, 6) is 4.27. The molecular weight excluding hydrogens is 210 g/mol. The molecule has 1 aromatic carbocycles. The van der Waals surface area contributed by atoms with Gasteiger partial charge in [0.2, 0.25) is 0 Å². The van der Waals surface area contributed by atoms with Gasteiger partial charge in [0.05, 0.1) is 0 Å². The molecule has 0 saturated heterocycles. The van der Waals surface area contributed by atoms with E-state index < -0.39 is 11.6 Å². The smallest absolute Gasteiger partial charge is 0.162 e. The average molecular weight is 228 g/mol. The second kappa shape index (κ2) is 5.92. The van der Waals surface area contributed by atoms with Crippen LogP contribution in [0.2, 0.25) is 0 Å². The van der Waals surface area contributed by atoms with Crippen molar-refractivity contribution in [2.75, 3.05) is 0 Å². The summed E-state index contributed by atoms with van der Waals surface area (Å²) in [6.45, 7) is 4.12. The van der Waals surface area contributed by atoms with Crippen molar-refractivity contribution in [3.63, 3.8) is 0 Å². The van der Waals surface area contributed by atoms with Gasteiger partial charge in [0.25, 0.3) is 0 Å². The lowest BCUT2D eigenvalue weighted by Crippen LogP contribution is -2.38. The maximum Gasteiger partial charge on any atom is 0.162 e. The third kappa shape index (κ3) is 3.54. The van der Waals surface area contributed by atoms with E-state index in [1.165, 1.54) is 6.07 Å². The van der Waals surface area contributed by atoms with E-state index in [1.54, 1.807) is 6.07 Å². The highest BCUT2D eigenvalue weighted by atomic mass is 19.2. The van der Waals surface area contributed by atoms with Crippen LogP contribution in [-0.2, 0) is 6.42 Å². The number of nitrogens with two attached hydrogens (primary N) is 1. The minimum absolute atomic E-state index is 0.0312. The minimum Gasteiger partial charge on any atom is -0.271 e. The van der Waals surface area contributed by atoms with Crippen molar-refractivity contribution in [2.45, 2.75) is 32.7 Å². The molecule has 0 heterocycles. The van der Waals surface area contributed by atoms with Gasteiger partial charge < -0.3 is 0 Å². The summed E-state index contributed by atoms with van der Waals surface area (Å²) in [6.07, 6.45) is 1.23. The number of hydrogen-bond donors (Lipinski definition) is 2. The first-order chi connectivity index (χ1) is 7.54. The Morgan fingerprint density at radius 3 is 2.56 bits per heavy atom. The maximum absolute atomic E-state index is 13.4. The van der Waals surface area contributed by atoms with Crippen LogP contribution >= 0.6 is 0 Å². The van der Waals surface area contributed by atoms with Gasteiger partial charge in [-0.05, 0) is 30.4 Å². The van der Waals surface area contributed by atoms with Crippen LogP contribution in [0.4, 0.5) is 8.78 Å². The summed E-state index contributed by atoms with van der Waals surface area (Å²) in [5.41, 5.74) is 3.00. The summed E-state index contributed by atoms with van der Waals surface area (Å²) in [4.78, 5) is 0. The van der Waals surface area contributed by atoms with Gasteiger partial charge in [-0.15, -0.1) is 0 Å². The maximum atomic E-state index is 13.4. The summed E-state index contributed by atoms with van der Waals surface area (Å²) in [7, 11) is 0. The minimum atomic E-state index is -0.808. The zero-order valence-corrected chi connectivity index (χ0v) is 9.63. The van der Waals surface area contributed by atoms with Crippen LogP contribution in [0.15, 0.2) is 18.2 Å². The van der Waals surface area contributed by atoms with E-state index in [-0.39, 0.29) is 6.04 Å². The highest BCUT2D eigenvalue weighted by Crippen LogP contribution is 2.15. The Morgan fingerprint density at radius 1 is 1.31 bits per heavy atom. The van der Waals surface area contributed by atoms with E-state index in [1.807, 2.05) is 0 Å². The zero-order valence-electron chi connectivity index (χ0n) is 9.63.